The van der Waals surface area contributed by atoms with Crippen molar-refractivity contribution >= 4 is 23.6 Å². The molecule has 1 amide bonds. The van der Waals surface area contributed by atoms with Crippen molar-refractivity contribution in [1.29, 1.82) is 0 Å². The number of carboxylic acid groups (broad SMARTS) is 1. The number of amides is 1. The molecule has 16 heavy (non-hydrogen) atoms. The van der Waals surface area contributed by atoms with Gasteiger partial charge in [-0.25, -0.2) is 4.79 Å². The van der Waals surface area contributed by atoms with E-state index in [9.17, 15) is 14.7 Å². The van der Waals surface area contributed by atoms with Crippen LogP contribution >= 0.6 is 11.8 Å². The van der Waals surface area contributed by atoms with Crippen molar-refractivity contribution in [1.82, 2.24) is 5.32 Å². The van der Waals surface area contributed by atoms with Gasteiger partial charge in [0.2, 0.25) is 5.91 Å². The van der Waals surface area contributed by atoms with Gasteiger partial charge in [0.1, 0.15) is 0 Å². The fraction of sp³-hybridized carbons (Fsp3) is 0.800. The molecule has 3 atom stereocenters. The predicted octanol–water partition coefficient (Wildman–Crippen LogP) is 0.222. The normalized spacial score (nSPS) is 24.5. The first-order valence-electron chi connectivity index (χ1n) is 5.35. The van der Waals surface area contributed by atoms with E-state index in [1.54, 1.807) is 11.8 Å². The zero-order valence-corrected chi connectivity index (χ0v) is 10.00. The lowest BCUT2D eigenvalue weighted by Gasteiger charge is -2.23. The quantitative estimate of drug-likeness (QED) is 0.661. The first-order chi connectivity index (χ1) is 7.52. The Morgan fingerprint density at radius 2 is 2.12 bits per heavy atom. The van der Waals surface area contributed by atoms with E-state index in [-0.39, 0.29) is 11.2 Å². The second-order valence-electron chi connectivity index (χ2n) is 3.92. The summed E-state index contributed by atoms with van der Waals surface area (Å²) in [6.45, 7) is 1.35. The molecule has 1 aliphatic rings. The maximum absolute atomic E-state index is 11.7. The van der Waals surface area contributed by atoms with Crippen molar-refractivity contribution < 1.29 is 19.8 Å². The molecule has 5 nitrogen and oxygen atoms in total. The maximum atomic E-state index is 11.7. The van der Waals surface area contributed by atoms with E-state index in [4.69, 9.17) is 5.11 Å². The van der Waals surface area contributed by atoms with Crippen LogP contribution in [-0.2, 0) is 9.59 Å². The highest BCUT2D eigenvalue weighted by Gasteiger charge is 2.29. The number of aliphatic carboxylic acids is 1. The van der Waals surface area contributed by atoms with E-state index in [1.165, 1.54) is 6.92 Å². The molecule has 0 aromatic rings. The first-order valence-corrected chi connectivity index (χ1v) is 6.40. The number of hydrogen-bond donors (Lipinski definition) is 3. The molecule has 0 aromatic heterocycles. The molecule has 1 heterocycles. The first kappa shape index (κ1) is 13.3. The van der Waals surface area contributed by atoms with Crippen molar-refractivity contribution in [3.05, 3.63) is 0 Å². The lowest BCUT2D eigenvalue weighted by molar-refractivity contribution is -0.144. The highest BCUT2D eigenvalue weighted by atomic mass is 32.2. The zero-order chi connectivity index (χ0) is 12.1. The number of hydrogen-bond acceptors (Lipinski definition) is 4. The van der Waals surface area contributed by atoms with Gasteiger partial charge in [-0.1, -0.05) is 6.42 Å². The van der Waals surface area contributed by atoms with Gasteiger partial charge in [-0.15, -0.1) is 11.8 Å². The topological polar surface area (TPSA) is 86.6 Å². The largest absolute Gasteiger partial charge is 0.480 e. The third-order valence-electron chi connectivity index (χ3n) is 2.52. The van der Waals surface area contributed by atoms with Gasteiger partial charge in [-0.05, 0) is 25.5 Å². The van der Waals surface area contributed by atoms with E-state index >= 15 is 0 Å². The van der Waals surface area contributed by atoms with Crippen molar-refractivity contribution in [2.75, 3.05) is 5.75 Å². The van der Waals surface area contributed by atoms with Gasteiger partial charge in [0.15, 0.2) is 6.04 Å². The monoisotopic (exact) mass is 247 g/mol. The van der Waals surface area contributed by atoms with Crippen LogP contribution in [0, 0.1) is 0 Å². The Kier molecular flexibility index (Phi) is 5.08. The minimum atomic E-state index is -1.21. The summed E-state index contributed by atoms with van der Waals surface area (Å²) in [7, 11) is 0. The Morgan fingerprint density at radius 1 is 1.44 bits per heavy atom. The van der Waals surface area contributed by atoms with E-state index in [2.05, 4.69) is 5.32 Å². The molecule has 0 bridgehead atoms. The number of carboxylic acids is 1. The fourth-order valence-corrected chi connectivity index (χ4v) is 2.79. The average Bonchev–Trinajstić information content (AvgIpc) is 2.25. The Hall–Kier alpha value is -0.750. The zero-order valence-electron chi connectivity index (χ0n) is 9.18. The van der Waals surface area contributed by atoms with E-state index in [0.29, 0.717) is 0 Å². The summed E-state index contributed by atoms with van der Waals surface area (Å²) in [5.41, 5.74) is 0. The Bertz CT molecular complexity index is 264. The molecule has 1 rings (SSSR count). The van der Waals surface area contributed by atoms with E-state index in [0.717, 1.165) is 25.0 Å². The van der Waals surface area contributed by atoms with E-state index < -0.39 is 18.1 Å². The lowest BCUT2D eigenvalue weighted by Crippen LogP contribution is -2.50. The van der Waals surface area contributed by atoms with Gasteiger partial charge in [-0.2, -0.15) is 0 Å². The molecule has 3 unspecified atom stereocenters. The van der Waals surface area contributed by atoms with Crippen LogP contribution < -0.4 is 5.32 Å². The number of nitrogens with one attached hydrogen (secondary N) is 1. The summed E-state index contributed by atoms with van der Waals surface area (Å²) >= 11 is 1.55. The summed E-state index contributed by atoms with van der Waals surface area (Å²) in [4.78, 5) is 22.5. The molecule has 1 saturated heterocycles. The minimum Gasteiger partial charge on any atom is -0.480 e. The highest BCUT2D eigenvalue weighted by molar-refractivity contribution is 8.00. The van der Waals surface area contributed by atoms with Gasteiger partial charge in [-0.3, -0.25) is 4.79 Å². The van der Waals surface area contributed by atoms with Gasteiger partial charge >= 0.3 is 5.97 Å². The summed E-state index contributed by atoms with van der Waals surface area (Å²) in [5, 5.41) is 20.2. The Labute approximate surface area is 98.6 Å². The van der Waals surface area contributed by atoms with Crippen LogP contribution in [-0.4, -0.2) is 45.2 Å². The van der Waals surface area contributed by atoms with Crippen LogP contribution in [0.25, 0.3) is 0 Å². The molecule has 0 spiro atoms. The van der Waals surface area contributed by atoms with Crippen LogP contribution in [0.1, 0.15) is 26.2 Å². The van der Waals surface area contributed by atoms with Gasteiger partial charge in [0.05, 0.1) is 11.4 Å². The van der Waals surface area contributed by atoms with E-state index in [1.807, 2.05) is 0 Å². The summed E-state index contributed by atoms with van der Waals surface area (Å²) in [5.74, 6) is -0.549. The predicted molar refractivity (Wildman–Crippen MR) is 61.3 cm³/mol. The van der Waals surface area contributed by atoms with Crippen molar-refractivity contribution in [2.45, 2.75) is 43.6 Å². The SMILES string of the molecule is CC(O)C(NC(=O)C1CCCCS1)C(=O)O. The maximum Gasteiger partial charge on any atom is 0.328 e. The molecular weight excluding hydrogens is 230 g/mol. The molecule has 1 fully saturated rings. The van der Waals surface area contributed by atoms with Crippen LogP contribution in [0.2, 0.25) is 0 Å². The van der Waals surface area contributed by atoms with Crippen LogP contribution in [0.5, 0.6) is 0 Å². The number of aliphatic hydroxyl groups excluding tert-OH is 1. The summed E-state index contributed by atoms with van der Waals surface area (Å²) in [6, 6.07) is -1.21. The molecule has 0 saturated carbocycles. The number of carbonyl (C=O) groups excluding carboxylic acids is 1. The number of aliphatic hydroxyl groups is 1. The average molecular weight is 247 g/mol. The molecule has 0 radical (unpaired) electrons. The number of rotatable bonds is 4. The molecule has 6 heteroatoms. The van der Waals surface area contributed by atoms with Gasteiger partial charge in [0, 0.05) is 0 Å². The van der Waals surface area contributed by atoms with Crippen LogP contribution in [0.15, 0.2) is 0 Å². The number of carbonyl (C=O) groups is 2. The van der Waals surface area contributed by atoms with Crippen molar-refractivity contribution in [3.63, 3.8) is 0 Å². The Morgan fingerprint density at radius 3 is 2.56 bits per heavy atom. The standard InChI is InChI=1S/C10H17NO4S/c1-6(12)8(10(14)15)11-9(13)7-4-2-3-5-16-7/h6-8,12H,2-5H2,1H3,(H,11,13)(H,14,15). The smallest absolute Gasteiger partial charge is 0.328 e. The van der Waals surface area contributed by atoms with Crippen molar-refractivity contribution in [3.8, 4) is 0 Å². The van der Waals surface area contributed by atoms with Crippen LogP contribution in [0.3, 0.4) is 0 Å². The lowest BCUT2D eigenvalue weighted by atomic mass is 10.1. The molecular formula is C10H17NO4S. The van der Waals surface area contributed by atoms with Gasteiger partial charge < -0.3 is 15.5 Å². The summed E-state index contributed by atoms with van der Waals surface area (Å²) < 4.78 is 0. The molecule has 0 aliphatic carbocycles. The highest BCUT2D eigenvalue weighted by Crippen LogP contribution is 2.25. The van der Waals surface area contributed by atoms with Crippen molar-refractivity contribution in [2.24, 2.45) is 0 Å². The molecule has 3 N–H and O–H groups in total. The van der Waals surface area contributed by atoms with Gasteiger partial charge in [0.25, 0.3) is 0 Å². The minimum absolute atomic E-state index is 0.172. The summed E-state index contributed by atoms with van der Waals surface area (Å²) in [6.07, 6.45) is 1.79. The number of thioether (sulfide) groups is 1. The third-order valence-corrected chi connectivity index (χ3v) is 3.89. The molecule has 0 aromatic carbocycles. The second-order valence-corrected chi connectivity index (χ2v) is 5.23. The molecule has 92 valence electrons. The third kappa shape index (κ3) is 3.68. The second kappa shape index (κ2) is 6.10. The Balaban J connectivity index is 2.50. The molecule has 1 aliphatic heterocycles. The fourth-order valence-electron chi connectivity index (χ4n) is 1.58. The van der Waals surface area contributed by atoms with Crippen LogP contribution in [0.4, 0.5) is 0 Å².